The second-order valence-corrected chi connectivity index (χ2v) is 3.26. The summed E-state index contributed by atoms with van der Waals surface area (Å²) in [5.74, 6) is -1.00. The number of hydrogen-bond donors (Lipinski definition) is 4. The van der Waals surface area contributed by atoms with Crippen molar-refractivity contribution in [2.45, 2.75) is 18.9 Å². The van der Waals surface area contributed by atoms with Crippen LogP contribution < -0.4 is 11.1 Å². The molecular weight excluding hydrogens is 182 g/mol. The molecule has 0 spiro atoms. The topological polar surface area (TPSA) is 99.2 Å². The molecule has 5 N–H and O–H groups in total. The molecule has 5 heteroatoms. The normalized spacial score (nSPS) is 15.3. The third-order valence-electron chi connectivity index (χ3n) is 1.71. The van der Waals surface area contributed by atoms with Crippen molar-refractivity contribution < 1.29 is 9.90 Å². The van der Waals surface area contributed by atoms with Gasteiger partial charge in [0.25, 0.3) is 0 Å². The molecule has 1 atom stereocenters. The molecule has 0 aliphatic rings. The largest absolute Gasteiger partial charge is 0.480 e. The lowest BCUT2D eigenvalue weighted by Crippen LogP contribution is -2.44. The van der Waals surface area contributed by atoms with Gasteiger partial charge in [-0.3, -0.25) is 4.79 Å². The molecule has 5 nitrogen and oxygen atoms in total. The molecule has 0 bridgehead atoms. The summed E-state index contributed by atoms with van der Waals surface area (Å²) in [7, 11) is 0. The van der Waals surface area contributed by atoms with Crippen molar-refractivity contribution >= 4 is 12.2 Å². The van der Waals surface area contributed by atoms with E-state index in [0.29, 0.717) is 19.5 Å². The number of carboxylic acids is 1. The zero-order chi connectivity index (χ0) is 11.0. The van der Waals surface area contributed by atoms with Crippen molar-refractivity contribution in [2.75, 3.05) is 13.1 Å². The van der Waals surface area contributed by atoms with E-state index >= 15 is 0 Å². The van der Waals surface area contributed by atoms with Gasteiger partial charge in [0.15, 0.2) is 0 Å². The number of rotatable bonds is 7. The smallest absolute Gasteiger partial charge is 0.323 e. The first-order chi connectivity index (χ1) is 6.50. The molecule has 1 unspecified atom stereocenters. The van der Waals surface area contributed by atoms with Gasteiger partial charge in [0.1, 0.15) is 5.54 Å². The van der Waals surface area contributed by atoms with E-state index in [-0.39, 0.29) is 0 Å². The maximum Gasteiger partial charge on any atom is 0.323 e. The fourth-order valence-electron chi connectivity index (χ4n) is 0.738. The Balaban J connectivity index is 3.70. The van der Waals surface area contributed by atoms with Gasteiger partial charge in [-0.1, -0.05) is 12.2 Å². The molecule has 0 fully saturated rings. The fraction of sp³-hybridized carbons (Fsp3) is 0.556. The van der Waals surface area contributed by atoms with Crippen molar-refractivity contribution in [2.24, 2.45) is 5.73 Å². The van der Waals surface area contributed by atoms with E-state index in [9.17, 15) is 4.79 Å². The Kier molecular flexibility index (Phi) is 5.74. The second kappa shape index (κ2) is 6.28. The molecule has 14 heavy (non-hydrogen) atoms. The van der Waals surface area contributed by atoms with Gasteiger partial charge in [-0.15, -0.1) is 0 Å². The molecule has 0 aliphatic heterocycles. The first-order valence-electron chi connectivity index (χ1n) is 4.37. The van der Waals surface area contributed by atoms with Gasteiger partial charge >= 0.3 is 5.97 Å². The summed E-state index contributed by atoms with van der Waals surface area (Å²) in [5.41, 5.74) is 4.30. The molecule has 0 amide bonds. The molecular formula is C9H17N3O2. The highest BCUT2D eigenvalue weighted by molar-refractivity contribution is 5.78. The molecule has 80 valence electrons. The second-order valence-electron chi connectivity index (χ2n) is 3.26. The van der Waals surface area contributed by atoms with Gasteiger partial charge in [0.05, 0.1) is 0 Å². The molecule has 0 rings (SSSR count). The van der Waals surface area contributed by atoms with Crippen LogP contribution in [0.15, 0.2) is 12.2 Å². The zero-order valence-corrected chi connectivity index (χ0v) is 8.29. The predicted octanol–water partition coefficient (Wildman–Crippen LogP) is -0.0261. The van der Waals surface area contributed by atoms with Gasteiger partial charge in [-0.25, -0.2) is 0 Å². The van der Waals surface area contributed by atoms with E-state index in [2.05, 4.69) is 5.32 Å². The maximum absolute atomic E-state index is 10.6. The van der Waals surface area contributed by atoms with E-state index in [4.69, 9.17) is 16.2 Å². The van der Waals surface area contributed by atoms with Crippen molar-refractivity contribution in [1.82, 2.24) is 5.32 Å². The van der Waals surface area contributed by atoms with Crippen LogP contribution in [0, 0.1) is 5.41 Å². The maximum atomic E-state index is 10.6. The lowest BCUT2D eigenvalue weighted by Gasteiger charge is -2.16. The monoisotopic (exact) mass is 199 g/mol. The highest BCUT2D eigenvalue weighted by Crippen LogP contribution is 2.05. The average Bonchev–Trinajstić information content (AvgIpc) is 2.10. The quantitative estimate of drug-likeness (QED) is 0.263. The van der Waals surface area contributed by atoms with Crippen LogP contribution in [0.25, 0.3) is 0 Å². The van der Waals surface area contributed by atoms with E-state index in [1.807, 2.05) is 0 Å². The van der Waals surface area contributed by atoms with Crippen LogP contribution in [0.3, 0.4) is 0 Å². The van der Waals surface area contributed by atoms with Gasteiger partial charge in [-0.2, -0.15) is 0 Å². The minimum atomic E-state index is -1.20. The molecule has 0 saturated heterocycles. The molecule has 0 aliphatic carbocycles. The number of nitrogens with one attached hydrogen (secondary N) is 2. The summed E-state index contributed by atoms with van der Waals surface area (Å²) in [5, 5.41) is 18.3. The van der Waals surface area contributed by atoms with Crippen LogP contribution in [0.2, 0.25) is 0 Å². The highest BCUT2D eigenvalue weighted by atomic mass is 16.4. The average molecular weight is 199 g/mol. The van der Waals surface area contributed by atoms with Crippen molar-refractivity contribution in [3.63, 3.8) is 0 Å². The Morgan fingerprint density at radius 2 is 2.21 bits per heavy atom. The van der Waals surface area contributed by atoms with E-state index in [0.717, 1.165) is 0 Å². The Labute approximate surface area is 83.5 Å². The fourth-order valence-corrected chi connectivity index (χ4v) is 0.738. The Hall–Kier alpha value is -1.20. The van der Waals surface area contributed by atoms with Crippen molar-refractivity contribution in [3.8, 4) is 0 Å². The summed E-state index contributed by atoms with van der Waals surface area (Å²) < 4.78 is 0. The van der Waals surface area contributed by atoms with E-state index in [1.165, 1.54) is 13.1 Å². The van der Waals surface area contributed by atoms with Crippen LogP contribution in [-0.2, 0) is 4.79 Å². The zero-order valence-electron chi connectivity index (χ0n) is 8.29. The number of carbonyl (C=O) groups is 1. The van der Waals surface area contributed by atoms with Crippen LogP contribution in [-0.4, -0.2) is 35.9 Å². The first-order valence-corrected chi connectivity index (χ1v) is 4.37. The standard InChI is InChI=1S/C9H17N3O2/c1-9(11,8(13)14)4-2-3-6-12-7-5-10/h2-3,5,10,12H,4,6-7,11H2,1H3,(H,13,14)/b3-2-,10-5?. The third kappa shape index (κ3) is 5.45. The predicted molar refractivity (Wildman–Crippen MR) is 55.6 cm³/mol. The lowest BCUT2D eigenvalue weighted by molar-refractivity contribution is -0.142. The molecule has 0 aromatic rings. The first kappa shape index (κ1) is 12.8. The Bertz CT molecular complexity index is 224. The van der Waals surface area contributed by atoms with Crippen molar-refractivity contribution in [1.29, 1.82) is 5.41 Å². The summed E-state index contributed by atoms with van der Waals surface area (Å²) in [6.45, 7) is 2.61. The van der Waals surface area contributed by atoms with E-state index < -0.39 is 11.5 Å². The summed E-state index contributed by atoms with van der Waals surface area (Å²) in [6.07, 6.45) is 5.09. The molecule has 0 saturated carbocycles. The lowest BCUT2D eigenvalue weighted by atomic mass is 10.00. The minimum Gasteiger partial charge on any atom is -0.480 e. The van der Waals surface area contributed by atoms with Crippen LogP contribution in [0.1, 0.15) is 13.3 Å². The van der Waals surface area contributed by atoms with Gasteiger partial charge in [0.2, 0.25) is 0 Å². The SMILES string of the molecule is CC(N)(C/C=C\CNCC=N)C(=O)O. The van der Waals surface area contributed by atoms with Gasteiger partial charge in [0, 0.05) is 19.3 Å². The Morgan fingerprint density at radius 1 is 1.57 bits per heavy atom. The van der Waals surface area contributed by atoms with Crippen LogP contribution in [0.4, 0.5) is 0 Å². The molecule has 0 heterocycles. The molecule has 0 aromatic heterocycles. The van der Waals surface area contributed by atoms with Gasteiger partial charge in [-0.05, 0) is 13.3 Å². The number of nitrogens with two attached hydrogens (primary N) is 1. The minimum absolute atomic E-state index is 0.300. The summed E-state index contributed by atoms with van der Waals surface area (Å²) in [4.78, 5) is 10.6. The number of hydrogen-bond acceptors (Lipinski definition) is 4. The van der Waals surface area contributed by atoms with Crippen molar-refractivity contribution in [3.05, 3.63) is 12.2 Å². The molecule has 0 aromatic carbocycles. The molecule has 0 radical (unpaired) electrons. The number of carboxylic acid groups (broad SMARTS) is 1. The van der Waals surface area contributed by atoms with E-state index in [1.54, 1.807) is 12.2 Å². The Morgan fingerprint density at radius 3 is 2.71 bits per heavy atom. The highest BCUT2D eigenvalue weighted by Gasteiger charge is 2.25. The summed E-state index contributed by atoms with van der Waals surface area (Å²) in [6, 6.07) is 0. The third-order valence-corrected chi connectivity index (χ3v) is 1.71. The van der Waals surface area contributed by atoms with Crippen LogP contribution in [0.5, 0.6) is 0 Å². The number of aliphatic carboxylic acids is 1. The van der Waals surface area contributed by atoms with Crippen LogP contribution >= 0.6 is 0 Å². The summed E-state index contributed by atoms with van der Waals surface area (Å²) >= 11 is 0. The van der Waals surface area contributed by atoms with Gasteiger partial charge < -0.3 is 21.6 Å².